The van der Waals surface area contributed by atoms with Crippen molar-refractivity contribution < 1.29 is 0 Å². The first-order valence-electron chi connectivity index (χ1n) is 6.20. The van der Waals surface area contributed by atoms with E-state index in [-0.39, 0.29) is 6.04 Å². The van der Waals surface area contributed by atoms with E-state index in [9.17, 15) is 0 Å². The van der Waals surface area contributed by atoms with Crippen molar-refractivity contribution in [1.29, 1.82) is 0 Å². The lowest BCUT2D eigenvalue weighted by Crippen LogP contribution is -2.26. The van der Waals surface area contributed by atoms with Crippen LogP contribution in [0.3, 0.4) is 0 Å². The predicted octanol–water partition coefficient (Wildman–Crippen LogP) is 2.94. The molecule has 2 nitrogen and oxygen atoms in total. The fraction of sp³-hybridized carbons (Fsp3) is 0.571. The lowest BCUT2D eigenvalue weighted by atomic mass is 10.1. The lowest BCUT2D eigenvalue weighted by Gasteiger charge is -2.24. The van der Waals surface area contributed by atoms with Gasteiger partial charge >= 0.3 is 0 Å². The minimum Gasteiger partial charge on any atom is -0.369 e. The van der Waals surface area contributed by atoms with Crippen LogP contribution in [0.25, 0.3) is 0 Å². The largest absolute Gasteiger partial charge is 0.369 e. The smallest absolute Gasteiger partial charge is 0.0368 e. The predicted molar refractivity (Wildman–Crippen MR) is 69.6 cm³/mol. The number of benzene rings is 1. The van der Waals surface area contributed by atoms with E-state index in [1.807, 2.05) is 6.92 Å². The van der Waals surface area contributed by atoms with Gasteiger partial charge in [0.15, 0.2) is 0 Å². The van der Waals surface area contributed by atoms with E-state index in [1.54, 1.807) is 0 Å². The maximum Gasteiger partial charge on any atom is 0.0368 e. The first-order valence-corrected chi connectivity index (χ1v) is 6.20. The number of nitrogens with zero attached hydrogens (tertiary/aromatic N) is 1. The van der Waals surface area contributed by atoms with Gasteiger partial charge in [0.1, 0.15) is 0 Å². The van der Waals surface area contributed by atoms with Crippen molar-refractivity contribution in [2.45, 2.75) is 39.3 Å². The Labute approximate surface area is 98.4 Å². The normalized spacial score (nSPS) is 27.1. The second kappa shape index (κ2) is 4.46. The van der Waals surface area contributed by atoms with Gasteiger partial charge in [0.05, 0.1) is 0 Å². The second-order valence-corrected chi connectivity index (χ2v) is 5.22. The van der Waals surface area contributed by atoms with Crippen LogP contribution in [-0.4, -0.2) is 12.6 Å². The Morgan fingerprint density at radius 3 is 2.31 bits per heavy atom. The van der Waals surface area contributed by atoms with Crippen molar-refractivity contribution in [1.82, 2.24) is 0 Å². The molecule has 1 saturated heterocycles. The van der Waals surface area contributed by atoms with Gasteiger partial charge in [-0.2, -0.15) is 0 Å². The zero-order valence-corrected chi connectivity index (χ0v) is 10.5. The van der Waals surface area contributed by atoms with Crippen LogP contribution in [0, 0.1) is 5.92 Å². The highest BCUT2D eigenvalue weighted by Gasteiger charge is 2.25. The molecule has 0 amide bonds. The average Bonchev–Trinajstić information content (AvgIpc) is 2.58. The van der Waals surface area contributed by atoms with Crippen LogP contribution in [0.5, 0.6) is 0 Å². The number of nitrogens with two attached hydrogens (primary N) is 1. The average molecular weight is 218 g/mol. The molecule has 0 spiro atoms. The molecular formula is C14H22N2. The lowest BCUT2D eigenvalue weighted by molar-refractivity contribution is 0.625. The van der Waals surface area contributed by atoms with Gasteiger partial charge in [-0.05, 0) is 43.9 Å². The minimum atomic E-state index is 0.129. The summed E-state index contributed by atoms with van der Waals surface area (Å²) < 4.78 is 0. The summed E-state index contributed by atoms with van der Waals surface area (Å²) in [6.07, 6.45) is 1.30. The quantitative estimate of drug-likeness (QED) is 0.827. The Balaban J connectivity index is 2.15. The maximum atomic E-state index is 5.85. The fourth-order valence-electron chi connectivity index (χ4n) is 2.63. The van der Waals surface area contributed by atoms with Crippen molar-refractivity contribution >= 4 is 5.69 Å². The van der Waals surface area contributed by atoms with Crippen molar-refractivity contribution in [2.75, 3.05) is 11.4 Å². The molecule has 1 fully saturated rings. The molecule has 2 heteroatoms. The van der Waals surface area contributed by atoms with Crippen molar-refractivity contribution in [3.63, 3.8) is 0 Å². The summed E-state index contributed by atoms with van der Waals surface area (Å²) in [6.45, 7) is 7.84. The molecule has 1 aliphatic rings. The molecule has 0 aliphatic carbocycles. The Kier molecular flexibility index (Phi) is 3.20. The maximum absolute atomic E-state index is 5.85. The molecule has 3 atom stereocenters. The molecule has 0 radical (unpaired) electrons. The first-order chi connectivity index (χ1) is 7.58. The van der Waals surface area contributed by atoms with E-state index < -0.39 is 0 Å². The molecule has 0 aromatic heterocycles. The van der Waals surface area contributed by atoms with E-state index in [0.29, 0.717) is 6.04 Å². The Morgan fingerprint density at radius 2 is 1.88 bits per heavy atom. The third kappa shape index (κ3) is 2.22. The minimum absolute atomic E-state index is 0.129. The fourth-order valence-corrected chi connectivity index (χ4v) is 2.63. The molecule has 1 aromatic carbocycles. The summed E-state index contributed by atoms with van der Waals surface area (Å²) in [5.41, 5.74) is 8.40. The molecule has 1 aliphatic heterocycles. The highest BCUT2D eigenvalue weighted by atomic mass is 15.2. The molecular weight excluding hydrogens is 196 g/mol. The van der Waals surface area contributed by atoms with Gasteiger partial charge in [-0.3, -0.25) is 0 Å². The molecule has 0 bridgehead atoms. The zero-order chi connectivity index (χ0) is 11.7. The van der Waals surface area contributed by atoms with E-state index in [0.717, 1.165) is 5.92 Å². The van der Waals surface area contributed by atoms with Crippen LogP contribution in [0.15, 0.2) is 24.3 Å². The first kappa shape index (κ1) is 11.5. The van der Waals surface area contributed by atoms with Crippen molar-refractivity contribution in [2.24, 2.45) is 11.7 Å². The molecule has 2 N–H and O–H groups in total. The van der Waals surface area contributed by atoms with Crippen LogP contribution in [0.4, 0.5) is 5.69 Å². The van der Waals surface area contributed by atoms with Crippen LogP contribution < -0.4 is 10.6 Å². The number of anilines is 1. The van der Waals surface area contributed by atoms with Crippen molar-refractivity contribution in [3.05, 3.63) is 29.8 Å². The third-order valence-corrected chi connectivity index (χ3v) is 3.53. The van der Waals surface area contributed by atoms with Gasteiger partial charge in [-0.15, -0.1) is 0 Å². The van der Waals surface area contributed by atoms with E-state index in [2.05, 4.69) is 43.0 Å². The second-order valence-electron chi connectivity index (χ2n) is 5.22. The zero-order valence-electron chi connectivity index (χ0n) is 10.5. The van der Waals surface area contributed by atoms with Crippen LogP contribution in [-0.2, 0) is 0 Å². The van der Waals surface area contributed by atoms with Gasteiger partial charge < -0.3 is 10.6 Å². The van der Waals surface area contributed by atoms with E-state index in [4.69, 9.17) is 5.73 Å². The summed E-state index contributed by atoms with van der Waals surface area (Å²) in [7, 11) is 0. The van der Waals surface area contributed by atoms with Crippen LogP contribution in [0.2, 0.25) is 0 Å². The molecule has 88 valence electrons. The summed E-state index contributed by atoms with van der Waals surface area (Å²) in [6, 6.07) is 9.49. The summed E-state index contributed by atoms with van der Waals surface area (Å²) >= 11 is 0. The molecule has 1 aromatic rings. The van der Waals surface area contributed by atoms with E-state index in [1.165, 1.54) is 24.2 Å². The van der Waals surface area contributed by atoms with Crippen LogP contribution >= 0.6 is 0 Å². The molecule has 0 saturated carbocycles. The van der Waals surface area contributed by atoms with Gasteiger partial charge in [0.2, 0.25) is 0 Å². The molecule has 2 unspecified atom stereocenters. The highest BCUT2D eigenvalue weighted by molar-refractivity contribution is 5.49. The van der Waals surface area contributed by atoms with Gasteiger partial charge in [-0.1, -0.05) is 19.1 Å². The summed E-state index contributed by atoms with van der Waals surface area (Å²) in [5.74, 6) is 0.808. The summed E-state index contributed by atoms with van der Waals surface area (Å²) in [4.78, 5) is 2.50. The number of hydrogen-bond acceptors (Lipinski definition) is 2. The Bertz CT molecular complexity index is 342. The standard InChI is InChI=1S/C14H22N2/c1-10-8-11(2)16(9-10)14-6-4-13(5-7-14)12(3)15/h4-7,10-12H,8-9,15H2,1-3H3/t10?,11?,12-/m0/s1. The Morgan fingerprint density at radius 1 is 1.25 bits per heavy atom. The topological polar surface area (TPSA) is 29.3 Å². The number of hydrogen-bond donors (Lipinski definition) is 1. The SMILES string of the molecule is CC1CC(C)N(c2ccc([C@H](C)N)cc2)C1. The molecule has 2 rings (SSSR count). The molecule has 1 heterocycles. The van der Waals surface area contributed by atoms with Crippen molar-refractivity contribution in [3.8, 4) is 0 Å². The van der Waals surface area contributed by atoms with Gasteiger partial charge in [-0.25, -0.2) is 0 Å². The van der Waals surface area contributed by atoms with Crippen LogP contribution in [0.1, 0.15) is 38.8 Å². The summed E-state index contributed by atoms with van der Waals surface area (Å²) in [5, 5.41) is 0. The Hall–Kier alpha value is -1.02. The number of rotatable bonds is 2. The highest BCUT2D eigenvalue weighted by Crippen LogP contribution is 2.29. The van der Waals surface area contributed by atoms with Gasteiger partial charge in [0.25, 0.3) is 0 Å². The molecule has 16 heavy (non-hydrogen) atoms. The third-order valence-electron chi connectivity index (χ3n) is 3.53. The van der Waals surface area contributed by atoms with Gasteiger partial charge in [0, 0.05) is 24.3 Å². The monoisotopic (exact) mass is 218 g/mol. The van der Waals surface area contributed by atoms with E-state index >= 15 is 0 Å².